The van der Waals surface area contributed by atoms with Crippen LogP contribution in [0.4, 0.5) is 23.2 Å². The Hall–Kier alpha value is -3.47. The van der Waals surface area contributed by atoms with Gasteiger partial charge in [0.1, 0.15) is 17.6 Å². The number of nitrogens with zero attached hydrogens (tertiary/aromatic N) is 4. The molecular weight excluding hydrogens is 472 g/mol. The van der Waals surface area contributed by atoms with Crippen molar-refractivity contribution in [2.45, 2.75) is 32.9 Å². The molecule has 0 aliphatic heterocycles. The Morgan fingerprint density at radius 1 is 1.18 bits per heavy atom. The van der Waals surface area contributed by atoms with E-state index in [1.807, 2.05) is 0 Å². The molecule has 0 aliphatic carbocycles. The van der Waals surface area contributed by atoms with Crippen LogP contribution in [0.15, 0.2) is 27.8 Å². The molecule has 2 aromatic rings. The van der Waals surface area contributed by atoms with Crippen molar-refractivity contribution in [1.82, 2.24) is 9.13 Å². The molecule has 33 heavy (non-hydrogen) atoms. The molecule has 0 radical (unpaired) electrons. The third-order valence-electron chi connectivity index (χ3n) is 4.59. The zero-order chi connectivity index (χ0) is 25.3. The van der Waals surface area contributed by atoms with Gasteiger partial charge in [-0.15, -0.1) is 0 Å². The lowest BCUT2D eigenvalue weighted by molar-refractivity contribution is -0.144. The molecule has 178 valence electrons. The van der Waals surface area contributed by atoms with E-state index in [0.717, 1.165) is 0 Å². The topological polar surface area (TPSA) is 122 Å². The standard InChI is InChI=1S/C19H18F4N4O5S/c1-4-6-16(28)27(33(31,32)5-2)13-8-14(12(20)7-11(13)10-24)26-17(29)9-15(19(21,22)23)25(3)18(26)30/h7-9H,4-6H2,1-3H3. The zero-order valence-corrected chi connectivity index (χ0v) is 18.4. The van der Waals surface area contributed by atoms with Crippen molar-refractivity contribution in [3.05, 3.63) is 56.1 Å². The van der Waals surface area contributed by atoms with E-state index < -0.39 is 67.6 Å². The van der Waals surface area contributed by atoms with Crippen LogP contribution in [0.1, 0.15) is 37.9 Å². The van der Waals surface area contributed by atoms with Gasteiger partial charge in [0, 0.05) is 19.5 Å². The summed E-state index contributed by atoms with van der Waals surface area (Å²) in [6.45, 7) is 2.80. The van der Waals surface area contributed by atoms with Crippen LogP contribution in [0.3, 0.4) is 0 Å². The lowest BCUT2D eigenvalue weighted by Gasteiger charge is -2.24. The minimum Gasteiger partial charge on any atom is -0.292 e. The lowest BCUT2D eigenvalue weighted by Crippen LogP contribution is -2.41. The van der Waals surface area contributed by atoms with Gasteiger partial charge in [-0.25, -0.2) is 26.5 Å². The maximum Gasteiger partial charge on any atom is 0.431 e. The van der Waals surface area contributed by atoms with Crippen LogP contribution in [-0.4, -0.2) is 29.2 Å². The highest BCUT2D eigenvalue weighted by atomic mass is 32.2. The van der Waals surface area contributed by atoms with Crippen LogP contribution in [0.5, 0.6) is 0 Å². The molecule has 0 atom stereocenters. The maximum atomic E-state index is 14.8. The number of benzene rings is 1. The average molecular weight is 490 g/mol. The summed E-state index contributed by atoms with van der Waals surface area (Å²) < 4.78 is 79.7. The Kier molecular flexibility index (Phi) is 7.17. The number of sulfonamides is 1. The van der Waals surface area contributed by atoms with Gasteiger partial charge >= 0.3 is 11.9 Å². The number of nitriles is 1. The summed E-state index contributed by atoms with van der Waals surface area (Å²) >= 11 is 0. The molecule has 14 heteroatoms. The molecule has 9 nitrogen and oxygen atoms in total. The van der Waals surface area contributed by atoms with Crippen LogP contribution < -0.4 is 15.6 Å². The summed E-state index contributed by atoms with van der Waals surface area (Å²) in [6, 6.07) is 2.71. The number of alkyl halides is 3. The zero-order valence-electron chi connectivity index (χ0n) is 17.6. The normalized spacial score (nSPS) is 11.8. The number of amides is 1. The van der Waals surface area contributed by atoms with Crippen molar-refractivity contribution >= 4 is 21.6 Å². The van der Waals surface area contributed by atoms with Gasteiger partial charge < -0.3 is 0 Å². The lowest BCUT2D eigenvalue weighted by atomic mass is 10.1. The Bertz CT molecular complexity index is 1370. The number of aromatic nitrogens is 2. The van der Waals surface area contributed by atoms with Crippen molar-refractivity contribution < 1.29 is 30.8 Å². The Labute approximate surface area is 185 Å². The van der Waals surface area contributed by atoms with Crippen LogP contribution in [0, 0.1) is 17.1 Å². The van der Waals surface area contributed by atoms with E-state index >= 15 is 0 Å². The van der Waals surface area contributed by atoms with E-state index in [1.165, 1.54) is 6.92 Å². The third-order valence-corrected chi connectivity index (χ3v) is 6.28. The highest BCUT2D eigenvalue weighted by molar-refractivity contribution is 7.93. The largest absolute Gasteiger partial charge is 0.431 e. The number of rotatable bonds is 6. The van der Waals surface area contributed by atoms with Crippen LogP contribution in [-0.2, 0) is 28.0 Å². The van der Waals surface area contributed by atoms with E-state index in [9.17, 15) is 45.6 Å². The van der Waals surface area contributed by atoms with Gasteiger partial charge in [0.05, 0.1) is 22.7 Å². The molecule has 0 N–H and O–H groups in total. The third kappa shape index (κ3) is 4.82. The smallest absolute Gasteiger partial charge is 0.292 e. The van der Waals surface area contributed by atoms with Crippen molar-refractivity contribution in [2.24, 2.45) is 7.05 Å². The molecule has 1 amide bonds. The highest BCUT2D eigenvalue weighted by Crippen LogP contribution is 2.30. The molecule has 0 saturated carbocycles. The van der Waals surface area contributed by atoms with Gasteiger partial charge in [0.25, 0.3) is 5.56 Å². The summed E-state index contributed by atoms with van der Waals surface area (Å²) in [4.78, 5) is 37.5. The molecule has 0 unspecified atom stereocenters. The number of carbonyl (C=O) groups excluding carboxylic acids is 1. The second-order valence-corrected chi connectivity index (χ2v) is 8.89. The van der Waals surface area contributed by atoms with Crippen molar-refractivity contribution in [3.63, 3.8) is 0 Å². The average Bonchev–Trinajstić information content (AvgIpc) is 2.71. The number of carbonyl (C=O) groups is 1. The second kappa shape index (κ2) is 9.18. The first-order valence-corrected chi connectivity index (χ1v) is 11.0. The summed E-state index contributed by atoms with van der Waals surface area (Å²) in [5, 5.41) is 9.37. The number of halogens is 4. The van der Waals surface area contributed by atoms with Gasteiger partial charge in [-0.05, 0) is 25.5 Å². The minimum absolute atomic E-state index is 0.0519. The molecule has 0 bridgehead atoms. The Morgan fingerprint density at radius 3 is 2.27 bits per heavy atom. The summed E-state index contributed by atoms with van der Waals surface area (Å²) in [6.07, 6.45) is -5.10. The van der Waals surface area contributed by atoms with E-state index in [-0.39, 0.29) is 32.3 Å². The first-order chi connectivity index (χ1) is 15.2. The quantitative estimate of drug-likeness (QED) is 0.572. The highest BCUT2D eigenvalue weighted by Gasteiger charge is 2.36. The maximum absolute atomic E-state index is 14.8. The fourth-order valence-electron chi connectivity index (χ4n) is 2.98. The molecule has 0 fully saturated rings. The molecule has 1 aromatic carbocycles. The van der Waals surface area contributed by atoms with Gasteiger partial charge in [0.15, 0.2) is 0 Å². The van der Waals surface area contributed by atoms with Crippen LogP contribution in [0.25, 0.3) is 5.69 Å². The van der Waals surface area contributed by atoms with Crippen LogP contribution >= 0.6 is 0 Å². The Balaban J connectivity index is 2.96. The minimum atomic E-state index is -5.06. The first-order valence-electron chi connectivity index (χ1n) is 9.41. The molecule has 2 rings (SSSR count). The number of hydrogen-bond donors (Lipinski definition) is 0. The first kappa shape index (κ1) is 25.8. The molecule has 0 aliphatic rings. The summed E-state index contributed by atoms with van der Waals surface area (Å²) in [7, 11) is -3.63. The monoisotopic (exact) mass is 490 g/mol. The second-order valence-electron chi connectivity index (χ2n) is 6.78. The molecule has 1 heterocycles. The fraction of sp³-hybridized carbons (Fsp3) is 0.368. The predicted octanol–water partition coefficient (Wildman–Crippen LogP) is 2.05. The summed E-state index contributed by atoms with van der Waals surface area (Å²) in [5.41, 5.74) is -6.88. The van der Waals surface area contributed by atoms with Crippen LogP contribution in [0.2, 0.25) is 0 Å². The SMILES string of the molecule is CCCC(=O)N(c1cc(-n2c(=O)cc(C(F)(F)F)n(C)c2=O)c(F)cc1C#N)S(=O)(=O)CC. The van der Waals surface area contributed by atoms with Crippen molar-refractivity contribution in [2.75, 3.05) is 10.1 Å². The number of hydrogen-bond acceptors (Lipinski definition) is 6. The molecule has 0 spiro atoms. The number of anilines is 1. The van der Waals surface area contributed by atoms with Crippen molar-refractivity contribution in [3.8, 4) is 11.8 Å². The summed E-state index contributed by atoms with van der Waals surface area (Å²) in [5.74, 6) is -2.91. The molecule has 1 aromatic heterocycles. The van der Waals surface area contributed by atoms with Gasteiger partial charge in [-0.1, -0.05) is 6.92 Å². The van der Waals surface area contributed by atoms with Gasteiger partial charge in [0.2, 0.25) is 15.9 Å². The van der Waals surface area contributed by atoms with E-state index in [2.05, 4.69) is 0 Å². The fourth-order valence-corrected chi connectivity index (χ4v) is 4.09. The van der Waals surface area contributed by atoms with E-state index in [4.69, 9.17) is 0 Å². The van der Waals surface area contributed by atoms with E-state index in [0.29, 0.717) is 19.2 Å². The molecule has 0 saturated heterocycles. The van der Waals surface area contributed by atoms with Gasteiger partial charge in [-0.3, -0.25) is 14.2 Å². The molecular formula is C19H18F4N4O5S. The predicted molar refractivity (Wildman–Crippen MR) is 109 cm³/mol. The van der Waals surface area contributed by atoms with E-state index in [1.54, 1.807) is 13.0 Å². The Morgan fingerprint density at radius 2 is 1.79 bits per heavy atom. The van der Waals surface area contributed by atoms with Crippen molar-refractivity contribution in [1.29, 1.82) is 5.26 Å². The van der Waals surface area contributed by atoms with Gasteiger partial charge in [-0.2, -0.15) is 18.4 Å².